The number of piperidine rings is 1. The number of pyridine rings is 1. The standard InChI is InChI=1S/C27H30N6OS/c28-16-21-23(18-8-9-18)22(17-29)27(35-24(25(30)34)19-6-2-1-3-7-19)31-26(21)33-14-10-20(11-15-33)32-12-4-5-13-32/h1-3,6-7,18,20,24H,4-5,8-15H2,(H2,30,34). The third-order valence-electron chi connectivity index (χ3n) is 7.40. The molecule has 1 amide bonds. The number of nitrogens with zero attached hydrogens (tertiary/aromatic N) is 5. The van der Waals surface area contributed by atoms with Crippen LogP contribution < -0.4 is 10.6 Å². The lowest BCUT2D eigenvalue weighted by Gasteiger charge is -2.38. The smallest absolute Gasteiger partial charge is 0.235 e. The number of aromatic nitrogens is 1. The summed E-state index contributed by atoms with van der Waals surface area (Å²) in [6.45, 7) is 4.04. The Hall–Kier alpha value is -3.07. The molecule has 2 saturated heterocycles. The molecule has 0 radical (unpaired) electrons. The molecule has 180 valence electrons. The molecule has 1 unspecified atom stereocenters. The first-order valence-corrected chi connectivity index (χ1v) is 13.4. The summed E-state index contributed by atoms with van der Waals surface area (Å²) in [6, 6.07) is 14.7. The van der Waals surface area contributed by atoms with Crippen LogP contribution in [-0.2, 0) is 4.79 Å². The van der Waals surface area contributed by atoms with E-state index in [4.69, 9.17) is 10.7 Å². The Morgan fingerprint density at radius 1 is 1.00 bits per heavy atom. The maximum atomic E-state index is 12.4. The number of likely N-dealkylation sites (tertiary alicyclic amines) is 1. The van der Waals surface area contributed by atoms with Gasteiger partial charge in [-0.1, -0.05) is 42.1 Å². The van der Waals surface area contributed by atoms with Gasteiger partial charge in [-0.25, -0.2) is 4.98 Å². The fourth-order valence-corrected chi connectivity index (χ4v) is 6.51. The minimum Gasteiger partial charge on any atom is -0.368 e. The van der Waals surface area contributed by atoms with E-state index in [0.29, 0.717) is 28.0 Å². The van der Waals surface area contributed by atoms with Crippen LogP contribution in [0.2, 0.25) is 0 Å². The quantitative estimate of drug-likeness (QED) is 0.587. The van der Waals surface area contributed by atoms with Gasteiger partial charge in [0.15, 0.2) is 0 Å². The molecule has 1 aliphatic carbocycles. The van der Waals surface area contributed by atoms with Gasteiger partial charge >= 0.3 is 0 Å². The molecule has 1 aromatic heterocycles. The molecule has 2 aliphatic heterocycles. The van der Waals surface area contributed by atoms with Crippen molar-refractivity contribution in [1.82, 2.24) is 9.88 Å². The second-order valence-electron chi connectivity index (χ2n) is 9.67. The molecule has 5 rings (SSSR count). The molecule has 3 aliphatic rings. The van der Waals surface area contributed by atoms with Gasteiger partial charge in [-0.15, -0.1) is 0 Å². The number of primary amides is 1. The molecule has 7 nitrogen and oxygen atoms in total. The van der Waals surface area contributed by atoms with Gasteiger partial charge in [0.1, 0.15) is 28.2 Å². The number of nitriles is 2. The van der Waals surface area contributed by atoms with E-state index in [-0.39, 0.29) is 5.92 Å². The van der Waals surface area contributed by atoms with Gasteiger partial charge in [0.05, 0.1) is 11.1 Å². The zero-order valence-electron chi connectivity index (χ0n) is 19.8. The van der Waals surface area contributed by atoms with Crippen LogP contribution in [0.25, 0.3) is 0 Å². The van der Waals surface area contributed by atoms with Crippen LogP contribution in [-0.4, -0.2) is 48.0 Å². The lowest BCUT2D eigenvalue weighted by atomic mass is 9.98. The molecule has 35 heavy (non-hydrogen) atoms. The molecule has 2 aromatic rings. The van der Waals surface area contributed by atoms with E-state index in [9.17, 15) is 15.3 Å². The fourth-order valence-electron chi connectivity index (χ4n) is 5.46. The zero-order valence-corrected chi connectivity index (χ0v) is 20.6. The minimum atomic E-state index is -0.662. The Bertz CT molecular complexity index is 1170. The van der Waals surface area contributed by atoms with Crippen LogP contribution >= 0.6 is 11.8 Å². The second kappa shape index (κ2) is 10.3. The summed E-state index contributed by atoms with van der Waals surface area (Å²) in [5.74, 6) is 0.385. The summed E-state index contributed by atoms with van der Waals surface area (Å²) in [7, 11) is 0. The van der Waals surface area contributed by atoms with E-state index in [1.54, 1.807) is 0 Å². The number of nitrogens with two attached hydrogens (primary N) is 1. The summed E-state index contributed by atoms with van der Waals surface area (Å²) in [4.78, 5) is 22.1. The molecule has 0 bridgehead atoms. The predicted molar refractivity (Wildman–Crippen MR) is 136 cm³/mol. The van der Waals surface area contributed by atoms with E-state index in [0.717, 1.165) is 49.9 Å². The van der Waals surface area contributed by atoms with Crippen molar-refractivity contribution < 1.29 is 4.79 Å². The first-order valence-electron chi connectivity index (χ1n) is 12.5. The largest absolute Gasteiger partial charge is 0.368 e. The molecule has 3 heterocycles. The van der Waals surface area contributed by atoms with E-state index in [1.807, 2.05) is 30.3 Å². The van der Waals surface area contributed by atoms with Gasteiger partial charge in [0.25, 0.3) is 0 Å². The molecular weight excluding hydrogens is 456 g/mol. The lowest BCUT2D eigenvalue weighted by Crippen LogP contribution is -2.44. The highest BCUT2D eigenvalue weighted by atomic mass is 32.2. The lowest BCUT2D eigenvalue weighted by molar-refractivity contribution is -0.117. The highest BCUT2D eigenvalue weighted by molar-refractivity contribution is 8.00. The van der Waals surface area contributed by atoms with Crippen molar-refractivity contribution in [2.75, 3.05) is 31.1 Å². The molecule has 0 spiro atoms. The van der Waals surface area contributed by atoms with Crippen LogP contribution in [0.5, 0.6) is 0 Å². The third kappa shape index (κ3) is 4.87. The molecule has 1 atom stereocenters. The number of thioether (sulfide) groups is 1. The summed E-state index contributed by atoms with van der Waals surface area (Å²) < 4.78 is 0. The topological polar surface area (TPSA) is 110 Å². The van der Waals surface area contributed by atoms with Gasteiger partial charge in [-0.2, -0.15) is 10.5 Å². The number of hydrogen-bond donors (Lipinski definition) is 1. The van der Waals surface area contributed by atoms with Crippen molar-refractivity contribution in [1.29, 1.82) is 10.5 Å². The van der Waals surface area contributed by atoms with Crippen LogP contribution in [0.3, 0.4) is 0 Å². The maximum Gasteiger partial charge on any atom is 0.235 e. The maximum absolute atomic E-state index is 12.4. The monoisotopic (exact) mass is 486 g/mol. The summed E-state index contributed by atoms with van der Waals surface area (Å²) in [5.41, 5.74) is 8.33. The number of rotatable bonds is 7. The van der Waals surface area contributed by atoms with Gasteiger partial charge in [0, 0.05) is 19.1 Å². The van der Waals surface area contributed by atoms with Crippen molar-refractivity contribution in [2.24, 2.45) is 5.73 Å². The number of anilines is 1. The van der Waals surface area contributed by atoms with Crippen LogP contribution in [0.4, 0.5) is 5.82 Å². The number of amides is 1. The Kier molecular flexibility index (Phi) is 6.95. The first kappa shape index (κ1) is 23.7. The van der Waals surface area contributed by atoms with Crippen LogP contribution in [0.15, 0.2) is 35.4 Å². The highest BCUT2D eigenvalue weighted by Gasteiger charge is 2.36. The van der Waals surface area contributed by atoms with Crippen molar-refractivity contribution in [3.05, 3.63) is 52.6 Å². The summed E-state index contributed by atoms with van der Waals surface area (Å²) >= 11 is 1.23. The van der Waals surface area contributed by atoms with Crippen LogP contribution in [0.1, 0.15) is 71.9 Å². The normalized spacial score (nSPS) is 19.8. The second-order valence-corrected chi connectivity index (χ2v) is 10.8. The van der Waals surface area contributed by atoms with E-state index in [1.165, 1.54) is 37.7 Å². The SMILES string of the molecule is N#Cc1c(SC(C(N)=O)c2ccccc2)nc(N2CCC(N3CCCC3)CC2)c(C#N)c1C1CC1. The van der Waals surface area contributed by atoms with E-state index < -0.39 is 11.2 Å². The van der Waals surface area contributed by atoms with Gasteiger partial charge in [-0.3, -0.25) is 4.79 Å². The van der Waals surface area contributed by atoms with E-state index in [2.05, 4.69) is 21.9 Å². The molecule has 1 aromatic carbocycles. The van der Waals surface area contributed by atoms with Crippen molar-refractivity contribution in [2.45, 2.75) is 60.8 Å². The van der Waals surface area contributed by atoms with Gasteiger partial charge in [-0.05, 0) is 68.7 Å². The Balaban J connectivity index is 1.51. The molecule has 2 N–H and O–H groups in total. The Morgan fingerprint density at radius 3 is 2.23 bits per heavy atom. The summed E-state index contributed by atoms with van der Waals surface area (Å²) in [5, 5.41) is 20.1. The van der Waals surface area contributed by atoms with Crippen molar-refractivity contribution >= 4 is 23.5 Å². The third-order valence-corrected chi connectivity index (χ3v) is 8.66. The average Bonchev–Trinajstić information content (AvgIpc) is 3.59. The Morgan fingerprint density at radius 2 is 1.66 bits per heavy atom. The number of hydrogen-bond acceptors (Lipinski definition) is 7. The number of carbonyl (C=O) groups is 1. The molecular formula is C27H30N6OS. The number of benzene rings is 1. The summed E-state index contributed by atoms with van der Waals surface area (Å²) in [6.07, 6.45) is 6.58. The first-order chi connectivity index (χ1) is 17.1. The zero-order chi connectivity index (χ0) is 24.4. The van der Waals surface area contributed by atoms with Gasteiger partial charge in [0.2, 0.25) is 5.91 Å². The van der Waals surface area contributed by atoms with Crippen molar-refractivity contribution in [3.8, 4) is 12.1 Å². The molecule has 8 heteroatoms. The number of carbonyl (C=O) groups excluding carboxylic acids is 1. The molecule has 1 saturated carbocycles. The highest BCUT2D eigenvalue weighted by Crippen LogP contribution is 2.48. The minimum absolute atomic E-state index is 0.200. The van der Waals surface area contributed by atoms with Crippen molar-refractivity contribution in [3.63, 3.8) is 0 Å². The molecule has 3 fully saturated rings. The predicted octanol–water partition coefficient (Wildman–Crippen LogP) is 4.09. The van der Waals surface area contributed by atoms with Gasteiger partial charge < -0.3 is 15.5 Å². The van der Waals surface area contributed by atoms with Crippen LogP contribution in [0, 0.1) is 22.7 Å². The average molecular weight is 487 g/mol. The Labute approximate surface area is 210 Å². The van der Waals surface area contributed by atoms with E-state index >= 15 is 0 Å². The fraction of sp³-hybridized carbons (Fsp3) is 0.481.